The third kappa shape index (κ3) is 4.91. The molecular formula is C18H17N3O5. The summed E-state index contributed by atoms with van der Waals surface area (Å²) in [5, 5.41) is 10.7. The third-order valence-electron chi connectivity index (χ3n) is 3.42. The van der Waals surface area contributed by atoms with E-state index in [1.54, 1.807) is 12.1 Å². The van der Waals surface area contributed by atoms with Crippen LogP contribution in [-0.4, -0.2) is 23.8 Å². The number of ether oxygens (including phenoxy) is 1. The molecule has 0 spiro atoms. The Morgan fingerprint density at radius 1 is 1.15 bits per heavy atom. The first-order chi connectivity index (χ1) is 12.4. The SMILES string of the molecule is COc1ccc(C)cc1/C=C/C(=O)NNC(=O)c1cccc([N+](=O)[O-])c1. The lowest BCUT2D eigenvalue weighted by molar-refractivity contribution is -0.384. The minimum Gasteiger partial charge on any atom is -0.496 e. The van der Waals surface area contributed by atoms with Gasteiger partial charge >= 0.3 is 0 Å². The van der Waals surface area contributed by atoms with E-state index in [1.807, 2.05) is 19.1 Å². The van der Waals surface area contributed by atoms with Crippen LogP contribution in [0.4, 0.5) is 5.69 Å². The zero-order valence-corrected chi connectivity index (χ0v) is 14.2. The predicted octanol–water partition coefficient (Wildman–Crippen LogP) is 2.39. The molecule has 0 atom stereocenters. The van der Waals surface area contributed by atoms with Gasteiger partial charge in [0.2, 0.25) is 0 Å². The van der Waals surface area contributed by atoms with Crippen molar-refractivity contribution in [1.29, 1.82) is 0 Å². The van der Waals surface area contributed by atoms with Crippen LogP contribution in [0.3, 0.4) is 0 Å². The Kier molecular flexibility index (Phi) is 6.05. The summed E-state index contributed by atoms with van der Waals surface area (Å²) < 4.78 is 5.21. The topological polar surface area (TPSA) is 111 Å². The number of nitrogens with one attached hydrogen (secondary N) is 2. The Labute approximate surface area is 149 Å². The summed E-state index contributed by atoms with van der Waals surface area (Å²) in [6, 6.07) is 10.7. The average molecular weight is 355 g/mol. The predicted molar refractivity (Wildman–Crippen MR) is 95.5 cm³/mol. The summed E-state index contributed by atoms with van der Waals surface area (Å²) in [6.45, 7) is 1.91. The molecule has 8 nitrogen and oxygen atoms in total. The number of hydrogen-bond acceptors (Lipinski definition) is 5. The number of hydrazine groups is 1. The Morgan fingerprint density at radius 3 is 2.62 bits per heavy atom. The molecule has 0 saturated carbocycles. The van der Waals surface area contributed by atoms with Crippen LogP contribution in [0.2, 0.25) is 0 Å². The van der Waals surface area contributed by atoms with E-state index in [4.69, 9.17) is 4.74 Å². The summed E-state index contributed by atoms with van der Waals surface area (Å²) in [5.74, 6) is -0.615. The van der Waals surface area contributed by atoms with Gasteiger partial charge in [0.25, 0.3) is 17.5 Å². The number of methoxy groups -OCH3 is 1. The minimum absolute atomic E-state index is 0.0591. The molecule has 0 aromatic heterocycles. The van der Waals surface area contributed by atoms with E-state index in [2.05, 4.69) is 10.9 Å². The van der Waals surface area contributed by atoms with E-state index in [0.717, 1.165) is 11.6 Å². The van der Waals surface area contributed by atoms with Crippen molar-refractivity contribution in [3.05, 3.63) is 75.3 Å². The minimum atomic E-state index is -0.663. The van der Waals surface area contributed by atoms with E-state index >= 15 is 0 Å². The normalized spacial score (nSPS) is 10.4. The molecule has 2 rings (SSSR count). The smallest absolute Gasteiger partial charge is 0.270 e. The van der Waals surface area contributed by atoms with Crippen molar-refractivity contribution < 1.29 is 19.2 Å². The molecule has 2 aromatic rings. The third-order valence-corrected chi connectivity index (χ3v) is 3.42. The largest absolute Gasteiger partial charge is 0.496 e. The molecule has 26 heavy (non-hydrogen) atoms. The molecule has 0 unspecified atom stereocenters. The number of carbonyl (C=O) groups excluding carboxylic acids is 2. The van der Waals surface area contributed by atoms with E-state index in [0.29, 0.717) is 11.3 Å². The van der Waals surface area contributed by atoms with Crippen molar-refractivity contribution in [3.8, 4) is 5.75 Å². The highest BCUT2D eigenvalue weighted by Crippen LogP contribution is 2.20. The molecule has 0 heterocycles. The zero-order chi connectivity index (χ0) is 19.1. The van der Waals surface area contributed by atoms with Crippen molar-refractivity contribution in [2.24, 2.45) is 0 Å². The highest BCUT2D eigenvalue weighted by atomic mass is 16.6. The molecule has 0 fully saturated rings. The second kappa shape index (κ2) is 8.43. The number of nitro groups is 1. The van der Waals surface area contributed by atoms with Crippen molar-refractivity contribution in [2.45, 2.75) is 6.92 Å². The number of amides is 2. The Morgan fingerprint density at radius 2 is 1.92 bits per heavy atom. The molecule has 2 N–H and O–H groups in total. The number of carbonyl (C=O) groups is 2. The van der Waals surface area contributed by atoms with Crippen LogP contribution >= 0.6 is 0 Å². The van der Waals surface area contributed by atoms with Gasteiger partial charge in [0.05, 0.1) is 12.0 Å². The van der Waals surface area contributed by atoms with E-state index in [9.17, 15) is 19.7 Å². The number of nitro benzene ring substituents is 1. The van der Waals surface area contributed by atoms with Gasteiger partial charge in [-0.2, -0.15) is 0 Å². The standard InChI is InChI=1S/C18H17N3O5/c1-12-6-8-16(26-2)13(10-12)7-9-17(22)19-20-18(23)14-4-3-5-15(11-14)21(24)25/h3-11H,1-2H3,(H,19,22)(H,20,23)/b9-7+. The zero-order valence-electron chi connectivity index (χ0n) is 14.2. The lowest BCUT2D eigenvalue weighted by Gasteiger charge is -2.07. The van der Waals surface area contributed by atoms with Crippen molar-refractivity contribution in [2.75, 3.05) is 7.11 Å². The van der Waals surface area contributed by atoms with Crippen molar-refractivity contribution in [1.82, 2.24) is 10.9 Å². The Bertz CT molecular complexity index is 877. The van der Waals surface area contributed by atoms with Crippen molar-refractivity contribution >= 4 is 23.6 Å². The van der Waals surface area contributed by atoms with Crippen LogP contribution in [0, 0.1) is 17.0 Å². The molecule has 0 radical (unpaired) electrons. The number of aryl methyl sites for hydroxylation is 1. The van der Waals surface area contributed by atoms with Gasteiger partial charge < -0.3 is 4.74 Å². The maximum atomic E-state index is 12.0. The van der Waals surface area contributed by atoms with Gasteiger partial charge in [0.1, 0.15) is 5.75 Å². The fourth-order valence-electron chi connectivity index (χ4n) is 2.14. The summed E-state index contributed by atoms with van der Waals surface area (Å²) >= 11 is 0. The quantitative estimate of drug-likeness (QED) is 0.486. The maximum Gasteiger partial charge on any atom is 0.270 e. The second-order valence-electron chi connectivity index (χ2n) is 5.33. The first kappa shape index (κ1) is 18.7. The van der Waals surface area contributed by atoms with Gasteiger partial charge in [-0.15, -0.1) is 0 Å². The summed E-state index contributed by atoms with van der Waals surface area (Å²) in [5.41, 5.74) is 5.98. The number of non-ortho nitro benzene ring substituents is 1. The Hall–Kier alpha value is -3.68. The fourth-order valence-corrected chi connectivity index (χ4v) is 2.14. The van der Waals surface area contributed by atoms with E-state index in [1.165, 1.54) is 31.4 Å². The van der Waals surface area contributed by atoms with Crippen molar-refractivity contribution in [3.63, 3.8) is 0 Å². The molecule has 0 aliphatic carbocycles. The maximum absolute atomic E-state index is 12.0. The lowest BCUT2D eigenvalue weighted by atomic mass is 10.1. The van der Waals surface area contributed by atoms with E-state index < -0.39 is 16.7 Å². The molecule has 0 bridgehead atoms. The van der Waals surface area contributed by atoms with Crippen LogP contribution in [0.15, 0.2) is 48.5 Å². The van der Waals surface area contributed by atoms with Gasteiger partial charge in [-0.25, -0.2) is 0 Å². The van der Waals surface area contributed by atoms with Gasteiger partial charge in [0, 0.05) is 29.3 Å². The van der Waals surface area contributed by atoms with Gasteiger partial charge in [-0.1, -0.05) is 17.7 Å². The van der Waals surface area contributed by atoms with E-state index in [-0.39, 0.29) is 11.3 Å². The molecular weight excluding hydrogens is 338 g/mol. The molecule has 0 aliphatic heterocycles. The molecule has 0 aliphatic rings. The number of hydrogen-bond donors (Lipinski definition) is 2. The first-order valence-corrected chi connectivity index (χ1v) is 7.58. The average Bonchev–Trinajstić information content (AvgIpc) is 2.64. The van der Waals surface area contributed by atoms with Gasteiger partial charge in [-0.05, 0) is 31.2 Å². The fraction of sp³-hybridized carbons (Fsp3) is 0.111. The molecule has 134 valence electrons. The summed E-state index contributed by atoms with van der Waals surface area (Å²) in [6.07, 6.45) is 2.80. The van der Waals surface area contributed by atoms with Crippen LogP contribution < -0.4 is 15.6 Å². The molecule has 8 heteroatoms. The highest BCUT2D eigenvalue weighted by Gasteiger charge is 2.11. The summed E-state index contributed by atoms with van der Waals surface area (Å²) in [7, 11) is 1.53. The second-order valence-corrected chi connectivity index (χ2v) is 5.33. The monoisotopic (exact) mass is 355 g/mol. The Balaban J connectivity index is 1.98. The molecule has 2 amide bonds. The first-order valence-electron chi connectivity index (χ1n) is 7.58. The van der Waals surface area contributed by atoms with Crippen LogP contribution in [0.5, 0.6) is 5.75 Å². The van der Waals surface area contributed by atoms with Crippen LogP contribution in [-0.2, 0) is 4.79 Å². The van der Waals surface area contributed by atoms with Crippen LogP contribution in [0.25, 0.3) is 6.08 Å². The van der Waals surface area contributed by atoms with Gasteiger partial charge in [0.15, 0.2) is 0 Å². The number of rotatable bonds is 5. The van der Waals surface area contributed by atoms with Crippen LogP contribution in [0.1, 0.15) is 21.5 Å². The number of nitrogens with zero attached hydrogens (tertiary/aromatic N) is 1. The number of benzene rings is 2. The summed E-state index contributed by atoms with van der Waals surface area (Å²) in [4.78, 5) is 33.9. The lowest BCUT2D eigenvalue weighted by Crippen LogP contribution is -2.40. The highest BCUT2D eigenvalue weighted by molar-refractivity contribution is 5.98. The molecule has 0 saturated heterocycles. The van der Waals surface area contributed by atoms with Gasteiger partial charge in [-0.3, -0.25) is 30.6 Å². The molecule has 2 aromatic carbocycles.